The highest BCUT2D eigenvalue weighted by Gasteiger charge is 2.30. The molecule has 0 atom stereocenters. The predicted octanol–water partition coefficient (Wildman–Crippen LogP) is 3.86. The molecule has 2 rings (SSSR count). The zero-order valence-corrected chi connectivity index (χ0v) is 12.5. The van der Waals surface area contributed by atoms with Crippen LogP contribution in [0.3, 0.4) is 0 Å². The van der Waals surface area contributed by atoms with Crippen molar-refractivity contribution >= 4 is 15.9 Å². The van der Waals surface area contributed by atoms with E-state index in [1.54, 1.807) is 0 Å². The van der Waals surface area contributed by atoms with Crippen LogP contribution in [0.2, 0.25) is 0 Å². The van der Waals surface area contributed by atoms with Gasteiger partial charge in [0, 0.05) is 17.1 Å². The lowest BCUT2D eigenvalue weighted by Crippen LogP contribution is -2.41. The second-order valence-electron chi connectivity index (χ2n) is 5.04. The zero-order chi connectivity index (χ0) is 14.6. The third kappa shape index (κ3) is 5.07. The standard InChI is InChI=1S/C14H17BrF3NO/c15-12-3-1-2-10(6-12)11-7-13(8-11)19-4-5-20-9-14(16,17)18/h1-3,6,11,13,19H,4-5,7-9H2. The van der Waals surface area contributed by atoms with Crippen LogP contribution in [0.4, 0.5) is 13.2 Å². The Labute approximate surface area is 124 Å². The molecule has 0 unspecified atom stereocenters. The fourth-order valence-electron chi connectivity index (χ4n) is 2.34. The highest BCUT2D eigenvalue weighted by atomic mass is 79.9. The van der Waals surface area contributed by atoms with Crippen molar-refractivity contribution in [3.63, 3.8) is 0 Å². The maximum absolute atomic E-state index is 11.8. The van der Waals surface area contributed by atoms with Crippen LogP contribution in [0.1, 0.15) is 24.3 Å². The van der Waals surface area contributed by atoms with E-state index in [0.29, 0.717) is 18.5 Å². The molecular formula is C14H17BrF3NO. The van der Waals surface area contributed by atoms with Crippen LogP contribution < -0.4 is 5.32 Å². The number of alkyl halides is 3. The Bertz CT molecular complexity index is 433. The summed E-state index contributed by atoms with van der Waals surface area (Å²) in [7, 11) is 0. The van der Waals surface area contributed by atoms with E-state index >= 15 is 0 Å². The average molecular weight is 352 g/mol. The largest absolute Gasteiger partial charge is 0.411 e. The summed E-state index contributed by atoms with van der Waals surface area (Å²) in [6.07, 6.45) is -2.19. The summed E-state index contributed by atoms with van der Waals surface area (Å²) in [4.78, 5) is 0. The molecule has 0 bridgehead atoms. The molecule has 0 aliphatic heterocycles. The number of hydrogen-bond acceptors (Lipinski definition) is 2. The van der Waals surface area contributed by atoms with Crippen molar-refractivity contribution in [2.45, 2.75) is 31.0 Å². The average Bonchev–Trinajstić information content (AvgIpc) is 2.29. The third-order valence-corrected chi connectivity index (χ3v) is 3.90. The Morgan fingerprint density at radius 2 is 2.05 bits per heavy atom. The summed E-state index contributed by atoms with van der Waals surface area (Å²) in [5.41, 5.74) is 1.31. The maximum Gasteiger partial charge on any atom is 0.411 e. The minimum Gasteiger partial charge on any atom is -0.371 e. The van der Waals surface area contributed by atoms with E-state index < -0.39 is 12.8 Å². The second kappa shape index (κ2) is 6.91. The topological polar surface area (TPSA) is 21.3 Å². The van der Waals surface area contributed by atoms with Gasteiger partial charge in [0.1, 0.15) is 6.61 Å². The third-order valence-electron chi connectivity index (χ3n) is 3.40. The lowest BCUT2D eigenvalue weighted by atomic mass is 9.76. The molecule has 0 saturated heterocycles. The van der Waals surface area contributed by atoms with Crippen LogP contribution in [0.25, 0.3) is 0 Å². The monoisotopic (exact) mass is 351 g/mol. The number of halogens is 4. The van der Waals surface area contributed by atoms with Gasteiger partial charge in [-0.25, -0.2) is 0 Å². The van der Waals surface area contributed by atoms with Gasteiger partial charge in [-0.2, -0.15) is 13.2 Å². The predicted molar refractivity (Wildman–Crippen MR) is 74.8 cm³/mol. The molecule has 1 N–H and O–H groups in total. The quantitative estimate of drug-likeness (QED) is 0.785. The molecule has 0 spiro atoms. The van der Waals surface area contributed by atoms with E-state index in [1.807, 2.05) is 12.1 Å². The van der Waals surface area contributed by atoms with Gasteiger partial charge in [0.25, 0.3) is 0 Å². The molecule has 6 heteroatoms. The van der Waals surface area contributed by atoms with Crippen LogP contribution >= 0.6 is 15.9 Å². The molecule has 1 saturated carbocycles. The first-order chi connectivity index (χ1) is 9.44. The summed E-state index contributed by atoms with van der Waals surface area (Å²) in [6, 6.07) is 8.63. The van der Waals surface area contributed by atoms with Gasteiger partial charge in [-0.1, -0.05) is 28.1 Å². The molecule has 1 aromatic carbocycles. The van der Waals surface area contributed by atoms with E-state index in [2.05, 4.69) is 38.1 Å². The number of rotatable bonds is 6. The molecule has 0 aromatic heterocycles. The van der Waals surface area contributed by atoms with E-state index in [0.717, 1.165) is 17.3 Å². The van der Waals surface area contributed by atoms with Crippen LogP contribution in [-0.2, 0) is 4.74 Å². The minimum atomic E-state index is -4.23. The Morgan fingerprint density at radius 3 is 2.70 bits per heavy atom. The van der Waals surface area contributed by atoms with E-state index in [1.165, 1.54) is 5.56 Å². The summed E-state index contributed by atoms with van der Waals surface area (Å²) < 4.78 is 41.1. The summed E-state index contributed by atoms with van der Waals surface area (Å²) >= 11 is 3.45. The lowest BCUT2D eigenvalue weighted by Gasteiger charge is -2.36. The number of hydrogen-bond donors (Lipinski definition) is 1. The fraction of sp³-hybridized carbons (Fsp3) is 0.571. The molecule has 0 amide bonds. The van der Waals surface area contributed by atoms with Crippen LogP contribution in [-0.4, -0.2) is 32.0 Å². The smallest absolute Gasteiger partial charge is 0.371 e. The molecule has 1 fully saturated rings. The molecular weight excluding hydrogens is 335 g/mol. The fourth-order valence-corrected chi connectivity index (χ4v) is 2.76. The Kier molecular flexibility index (Phi) is 5.46. The highest BCUT2D eigenvalue weighted by molar-refractivity contribution is 9.10. The SMILES string of the molecule is FC(F)(F)COCCNC1CC(c2cccc(Br)c2)C1. The highest BCUT2D eigenvalue weighted by Crippen LogP contribution is 2.37. The van der Waals surface area contributed by atoms with Crippen LogP contribution in [0.5, 0.6) is 0 Å². The molecule has 0 heterocycles. The maximum atomic E-state index is 11.8. The van der Waals surface area contributed by atoms with Crippen molar-refractivity contribution in [3.05, 3.63) is 34.3 Å². The second-order valence-corrected chi connectivity index (χ2v) is 5.96. The van der Waals surface area contributed by atoms with Gasteiger partial charge in [0.2, 0.25) is 0 Å². The number of ether oxygens (including phenoxy) is 1. The van der Waals surface area contributed by atoms with Gasteiger partial charge in [0.15, 0.2) is 0 Å². The lowest BCUT2D eigenvalue weighted by molar-refractivity contribution is -0.173. The van der Waals surface area contributed by atoms with Crippen molar-refractivity contribution in [1.82, 2.24) is 5.32 Å². The normalized spacial score (nSPS) is 22.6. The van der Waals surface area contributed by atoms with Crippen molar-refractivity contribution in [2.75, 3.05) is 19.8 Å². The molecule has 20 heavy (non-hydrogen) atoms. The van der Waals surface area contributed by atoms with Gasteiger partial charge in [0.05, 0.1) is 6.61 Å². The number of nitrogens with one attached hydrogen (secondary N) is 1. The summed E-state index contributed by atoms with van der Waals surface area (Å²) in [6.45, 7) is -0.608. The van der Waals surface area contributed by atoms with E-state index in [-0.39, 0.29) is 6.61 Å². The first kappa shape index (κ1) is 15.8. The minimum absolute atomic E-state index is 0.0948. The molecule has 2 nitrogen and oxygen atoms in total. The zero-order valence-electron chi connectivity index (χ0n) is 10.9. The Hall–Kier alpha value is -0.590. The first-order valence-electron chi connectivity index (χ1n) is 6.57. The summed E-state index contributed by atoms with van der Waals surface area (Å²) in [5.74, 6) is 0.543. The first-order valence-corrected chi connectivity index (χ1v) is 7.37. The van der Waals surface area contributed by atoms with E-state index in [4.69, 9.17) is 0 Å². The van der Waals surface area contributed by atoms with Gasteiger partial charge in [-0.05, 0) is 36.5 Å². The molecule has 1 aliphatic rings. The van der Waals surface area contributed by atoms with Gasteiger partial charge in [-0.15, -0.1) is 0 Å². The van der Waals surface area contributed by atoms with Crippen LogP contribution in [0, 0.1) is 0 Å². The van der Waals surface area contributed by atoms with Crippen molar-refractivity contribution in [1.29, 1.82) is 0 Å². The van der Waals surface area contributed by atoms with Crippen LogP contribution in [0.15, 0.2) is 28.7 Å². The molecule has 0 radical (unpaired) electrons. The van der Waals surface area contributed by atoms with Crippen molar-refractivity contribution in [2.24, 2.45) is 0 Å². The Balaban J connectivity index is 1.58. The molecule has 1 aromatic rings. The number of benzene rings is 1. The van der Waals surface area contributed by atoms with E-state index in [9.17, 15) is 13.2 Å². The van der Waals surface area contributed by atoms with Gasteiger partial charge in [-0.3, -0.25) is 0 Å². The van der Waals surface area contributed by atoms with Crippen molar-refractivity contribution in [3.8, 4) is 0 Å². The Morgan fingerprint density at radius 1 is 1.30 bits per heavy atom. The van der Waals surface area contributed by atoms with Crippen molar-refractivity contribution < 1.29 is 17.9 Å². The molecule has 1 aliphatic carbocycles. The van der Waals surface area contributed by atoms with Gasteiger partial charge >= 0.3 is 6.18 Å². The summed E-state index contributed by atoms with van der Waals surface area (Å²) in [5, 5.41) is 3.22. The van der Waals surface area contributed by atoms with Gasteiger partial charge < -0.3 is 10.1 Å². The molecule has 112 valence electrons.